The second-order valence-electron chi connectivity index (χ2n) is 18.0. The third-order valence-corrected chi connectivity index (χ3v) is 13.9. The van der Waals surface area contributed by atoms with Crippen molar-refractivity contribution < 1.29 is 76.3 Å². The topological polar surface area (TPSA) is 268 Å². The van der Waals surface area contributed by atoms with Crippen molar-refractivity contribution in [2.45, 2.75) is 120 Å². The number of esters is 8. The molecule has 20 nitrogen and oxygen atoms in total. The standard InChI is InChI=1S/C51H64N4O16/c1-27-48-31(21-45(61)69-9)29(13-17-41(57)65-5)35(54-48)22-34-28(12-16-40(56)64-4)30(20-44(60)68-8)36(52-34)23-37-32(14-18-42(58)66-6)50(2,25-46(62)70-10)39(53-37)24-38-33(15-19-43(59)67-7)51(3,49(27)55-38)26-47(63)71-11/h22-24,32-33,52,54H,12-21,25-26H2,1-11H3/t32-,33-,50+,51+/m1/s1. The van der Waals surface area contributed by atoms with E-state index in [1.54, 1.807) is 25.1 Å². The van der Waals surface area contributed by atoms with Crippen LogP contribution < -0.4 is 0 Å². The Morgan fingerprint density at radius 3 is 1.39 bits per heavy atom. The predicted molar refractivity (Wildman–Crippen MR) is 254 cm³/mol. The van der Waals surface area contributed by atoms with E-state index in [4.69, 9.17) is 47.9 Å². The van der Waals surface area contributed by atoms with Crippen LogP contribution in [0, 0.1) is 6.92 Å². The lowest BCUT2D eigenvalue weighted by Crippen LogP contribution is -2.32. The summed E-state index contributed by atoms with van der Waals surface area (Å²) in [6.45, 7) is 5.44. The highest BCUT2D eigenvalue weighted by Crippen LogP contribution is 2.52. The summed E-state index contributed by atoms with van der Waals surface area (Å²) in [5, 5.41) is 0. The second-order valence-corrected chi connectivity index (χ2v) is 18.0. The Balaban J connectivity index is 2.16. The normalized spacial score (nSPS) is 18.2. The van der Waals surface area contributed by atoms with Gasteiger partial charge in [0, 0.05) is 87.5 Å². The number of aryl methyl sites for hydroxylation is 3. The van der Waals surface area contributed by atoms with Gasteiger partial charge in [0.1, 0.15) is 0 Å². The largest absolute Gasteiger partial charge is 0.469 e. The lowest BCUT2D eigenvalue weighted by atomic mass is 9.68. The fourth-order valence-electron chi connectivity index (χ4n) is 10.00. The summed E-state index contributed by atoms with van der Waals surface area (Å²) in [7, 11) is 10.1. The molecule has 71 heavy (non-hydrogen) atoms. The van der Waals surface area contributed by atoms with Gasteiger partial charge in [-0.25, -0.2) is 0 Å². The van der Waals surface area contributed by atoms with Gasteiger partial charge in [-0.05, 0) is 78.6 Å². The van der Waals surface area contributed by atoms with Crippen LogP contribution in [0.5, 0.6) is 0 Å². The molecule has 2 aliphatic rings. The number of hydrogen-bond acceptors (Lipinski definition) is 18. The zero-order chi connectivity index (χ0) is 52.4. The highest BCUT2D eigenvalue weighted by Gasteiger charge is 2.49. The van der Waals surface area contributed by atoms with Crippen LogP contribution in [0.25, 0.3) is 22.1 Å². The molecule has 384 valence electrons. The van der Waals surface area contributed by atoms with Crippen molar-refractivity contribution in [3.8, 4) is 0 Å². The van der Waals surface area contributed by atoms with Gasteiger partial charge in [0.25, 0.3) is 0 Å². The molecule has 0 spiro atoms. The van der Waals surface area contributed by atoms with Crippen LogP contribution in [0.15, 0.2) is 18.2 Å². The molecule has 5 rings (SSSR count). The fraction of sp³-hybridized carbons (Fsp3) is 0.529. The van der Waals surface area contributed by atoms with Gasteiger partial charge in [0.2, 0.25) is 0 Å². The van der Waals surface area contributed by atoms with Gasteiger partial charge < -0.3 is 47.9 Å². The summed E-state index contributed by atoms with van der Waals surface area (Å²) in [6, 6.07) is 5.21. The zero-order valence-electron chi connectivity index (χ0n) is 42.3. The minimum absolute atomic E-state index is 0.0649. The van der Waals surface area contributed by atoms with Crippen molar-refractivity contribution >= 4 is 69.8 Å². The van der Waals surface area contributed by atoms with Crippen LogP contribution in [-0.4, -0.2) is 125 Å². The molecule has 5 heterocycles. The summed E-state index contributed by atoms with van der Waals surface area (Å²) in [6.07, 6.45) is -0.967. The van der Waals surface area contributed by atoms with Gasteiger partial charge in [-0.15, -0.1) is 0 Å². The SMILES string of the molecule is COC(=O)CCc1c(CC(=O)OC)c2cc3nc(cc4nc(c(C)c5[nH]c(cc1[nH]2)c(CCC(=O)OC)c5CC(=O)OC)[C@@](C)(CC(=O)OC)[C@@H]4CCC(=O)OC)[C@@](C)(CC(=O)OC)[C@@H]3CCC(=O)OC. The van der Waals surface area contributed by atoms with Crippen LogP contribution in [0.4, 0.5) is 0 Å². The summed E-state index contributed by atoms with van der Waals surface area (Å²) >= 11 is 0. The van der Waals surface area contributed by atoms with Crippen LogP contribution >= 0.6 is 0 Å². The van der Waals surface area contributed by atoms with Gasteiger partial charge in [0.05, 0.1) is 88.3 Å². The molecule has 0 unspecified atom stereocenters. The Morgan fingerprint density at radius 1 is 0.479 bits per heavy atom. The molecule has 3 aromatic rings. The molecule has 0 amide bonds. The third kappa shape index (κ3) is 12.1. The first kappa shape index (κ1) is 54.8. The van der Waals surface area contributed by atoms with E-state index < -0.39 is 70.4 Å². The molecule has 0 saturated heterocycles. The lowest BCUT2D eigenvalue weighted by molar-refractivity contribution is -0.143. The van der Waals surface area contributed by atoms with Gasteiger partial charge in [-0.3, -0.25) is 48.3 Å². The molecule has 20 heteroatoms. The molecule has 0 aromatic carbocycles. The molecule has 3 aromatic heterocycles. The highest BCUT2D eigenvalue weighted by molar-refractivity contribution is 5.87. The quantitative estimate of drug-likeness (QED) is 0.106. The molecule has 0 fully saturated rings. The average molecular weight is 989 g/mol. The summed E-state index contributed by atoms with van der Waals surface area (Å²) < 4.78 is 41.1. The Bertz CT molecular complexity index is 2740. The van der Waals surface area contributed by atoms with Crippen molar-refractivity contribution in [1.82, 2.24) is 19.9 Å². The number of aromatic amines is 2. The van der Waals surface area contributed by atoms with Crippen molar-refractivity contribution in [2.75, 3.05) is 56.9 Å². The molecule has 0 saturated carbocycles. The monoisotopic (exact) mass is 988 g/mol. The first-order chi connectivity index (χ1) is 33.7. The molecule has 2 aliphatic heterocycles. The molecular weight excluding hydrogens is 925 g/mol. The van der Waals surface area contributed by atoms with E-state index >= 15 is 0 Å². The van der Waals surface area contributed by atoms with Gasteiger partial charge in [-0.2, -0.15) is 0 Å². The van der Waals surface area contributed by atoms with Gasteiger partial charge in [-0.1, -0.05) is 13.8 Å². The zero-order valence-corrected chi connectivity index (χ0v) is 42.3. The predicted octanol–water partition coefficient (Wildman–Crippen LogP) is 5.38. The van der Waals surface area contributed by atoms with Gasteiger partial charge >= 0.3 is 47.8 Å². The molecular formula is C51H64N4O16. The summed E-state index contributed by atoms with van der Waals surface area (Å²) in [5.74, 6) is -5.84. The minimum atomic E-state index is -1.21. The second kappa shape index (κ2) is 23.7. The first-order valence-electron chi connectivity index (χ1n) is 23.1. The Kier molecular flexibility index (Phi) is 18.3. The molecule has 2 N–H and O–H groups in total. The van der Waals surface area contributed by atoms with Gasteiger partial charge in [0.15, 0.2) is 0 Å². The number of rotatable bonds is 20. The Hall–Kier alpha value is -7.12. The number of aromatic nitrogens is 4. The van der Waals surface area contributed by atoms with E-state index in [2.05, 4.69) is 9.97 Å². The number of carbonyl (C=O) groups excluding carboxylic acids is 8. The number of methoxy groups -OCH3 is 8. The average Bonchev–Trinajstić information content (AvgIpc) is 4.02. The molecule has 0 radical (unpaired) electrons. The Morgan fingerprint density at radius 2 is 0.887 bits per heavy atom. The van der Waals surface area contributed by atoms with Crippen LogP contribution in [0.1, 0.15) is 128 Å². The number of nitrogens with one attached hydrogen (secondary N) is 2. The molecule has 8 bridgehead atoms. The maximum atomic E-state index is 13.6. The molecule has 4 atom stereocenters. The van der Waals surface area contributed by atoms with Crippen molar-refractivity contribution in [2.24, 2.45) is 0 Å². The van der Waals surface area contributed by atoms with Crippen molar-refractivity contribution in [1.29, 1.82) is 0 Å². The Labute approximate surface area is 411 Å². The highest BCUT2D eigenvalue weighted by atomic mass is 16.5. The summed E-state index contributed by atoms with van der Waals surface area (Å²) in [4.78, 5) is 123. The minimum Gasteiger partial charge on any atom is -0.469 e. The van der Waals surface area contributed by atoms with E-state index in [0.29, 0.717) is 72.7 Å². The molecule has 0 aliphatic carbocycles. The van der Waals surface area contributed by atoms with E-state index in [0.717, 1.165) is 0 Å². The van der Waals surface area contributed by atoms with Crippen LogP contribution in [0.3, 0.4) is 0 Å². The maximum Gasteiger partial charge on any atom is 0.310 e. The van der Waals surface area contributed by atoms with Crippen molar-refractivity contribution in [3.63, 3.8) is 0 Å². The van der Waals surface area contributed by atoms with E-state index in [1.165, 1.54) is 56.9 Å². The lowest BCUT2D eigenvalue weighted by Gasteiger charge is -2.32. The van der Waals surface area contributed by atoms with E-state index in [9.17, 15) is 38.4 Å². The van der Waals surface area contributed by atoms with E-state index in [-0.39, 0.29) is 77.0 Å². The number of ether oxygens (including phenoxy) is 8. The maximum absolute atomic E-state index is 13.6. The smallest absolute Gasteiger partial charge is 0.310 e. The van der Waals surface area contributed by atoms with E-state index in [1.807, 2.05) is 13.8 Å². The number of carbonyl (C=O) groups is 8. The summed E-state index contributed by atoms with van der Waals surface area (Å²) in [5.41, 5.74) is 3.18. The number of nitrogens with zero attached hydrogens (tertiary/aromatic N) is 2. The number of fused-ring (bicyclic) bond motifs is 8. The fourth-order valence-corrected chi connectivity index (χ4v) is 10.00. The third-order valence-electron chi connectivity index (χ3n) is 13.9. The first-order valence-corrected chi connectivity index (χ1v) is 23.1. The number of H-pyrrole nitrogens is 2. The number of hydrogen-bond donors (Lipinski definition) is 2. The van der Waals surface area contributed by atoms with Crippen molar-refractivity contribution in [3.05, 3.63) is 68.8 Å². The van der Waals surface area contributed by atoms with Crippen LogP contribution in [-0.2, 0) is 113 Å². The van der Waals surface area contributed by atoms with Crippen LogP contribution in [0.2, 0.25) is 0 Å².